The van der Waals surface area contributed by atoms with E-state index in [1.807, 2.05) is 31.2 Å². The monoisotopic (exact) mass is 347 g/mol. The quantitative estimate of drug-likeness (QED) is 0.677. The first-order valence-electron chi connectivity index (χ1n) is 6.39. The lowest BCUT2D eigenvalue weighted by atomic mass is 10.1. The normalized spacial score (nSPS) is 12.8. The summed E-state index contributed by atoms with van der Waals surface area (Å²) in [6.45, 7) is 4.12. The van der Waals surface area contributed by atoms with Gasteiger partial charge in [0, 0.05) is 10.2 Å². The van der Waals surface area contributed by atoms with E-state index in [-0.39, 0.29) is 6.04 Å². The van der Waals surface area contributed by atoms with Crippen LogP contribution in [-0.4, -0.2) is 14.5 Å². The van der Waals surface area contributed by atoms with Crippen LogP contribution in [0.5, 0.6) is 0 Å². The maximum Gasteiger partial charge on any atom is 0.179 e. The molecular weight excluding hydrogens is 334 g/mol. The zero-order chi connectivity index (χ0) is 14.3. The third-order valence-corrected chi connectivity index (χ3v) is 4.21. The molecule has 0 aliphatic heterocycles. The van der Waals surface area contributed by atoms with Crippen LogP contribution in [0.15, 0.2) is 40.9 Å². The Morgan fingerprint density at radius 3 is 2.85 bits per heavy atom. The molecule has 2 aromatic heterocycles. The molecular formula is C15H14BrN3S. The number of fused-ring (bicyclic) bond motifs is 1. The number of imidazole rings is 1. The third kappa shape index (κ3) is 2.31. The van der Waals surface area contributed by atoms with Crippen molar-refractivity contribution in [3.63, 3.8) is 0 Å². The van der Waals surface area contributed by atoms with Crippen molar-refractivity contribution in [2.24, 2.45) is 0 Å². The van der Waals surface area contributed by atoms with Crippen molar-refractivity contribution in [1.82, 2.24) is 14.5 Å². The van der Waals surface area contributed by atoms with Gasteiger partial charge in [-0.1, -0.05) is 28.1 Å². The smallest absolute Gasteiger partial charge is 0.179 e. The number of rotatable bonds is 2. The summed E-state index contributed by atoms with van der Waals surface area (Å²) in [5.41, 5.74) is 4.06. The van der Waals surface area contributed by atoms with Crippen LogP contribution in [-0.2, 0) is 0 Å². The van der Waals surface area contributed by atoms with Gasteiger partial charge in [0.05, 0.1) is 11.6 Å². The Bertz CT molecular complexity index is 834. The van der Waals surface area contributed by atoms with Crippen molar-refractivity contribution in [1.29, 1.82) is 0 Å². The van der Waals surface area contributed by atoms with Crippen LogP contribution in [0.2, 0.25) is 0 Å². The molecule has 3 nitrogen and oxygen atoms in total. The van der Waals surface area contributed by atoms with Gasteiger partial charge in [-0.3, -0.25) is 4.57 Å². The molecule has 3 rings (SSSR count). The molecule has 1 aromatic carbocycles. The number of aromatic nitrogens is 3. The van der Waals surface area contributed by atoms with Gasteiger partial charge in [-0.05, 0) is 55.9 Å². The minimum absolute atomic E-state index is 0.128. The Labute approximate surface area is 130 Å². The van der Waals surface area contributed by atoms with E-state index in [0.717, 1.165) is 21.3 Å². The van der Waals surface area contributed by atoms with Gasteiger partial charge in [-0.2, -0.15) is 0 Å². The van der Waals surface area contributed by atoms with Crippen LogP contribution >= 0.6 is 28.1 Å². The Morgan fingerprint density at radius 2 is 2.10 bits per heavy atom. The highest BCUT2D eigenvalue weighted by molar-refractivity contribution is 9.10. The average Bonchev–Trinajstić information content (AvgIpc) is 2.73. The SMILES string of the molecule is Cc1ccc2[nH]c(=S)n(C(C)c3cccc(Br)c3)c2n1. The van der Waals surface area contributed by atoms with Crippen LogP contribution in [0.4, 0.5) is 0 Å². The zero-order valence-corrected chi connectivity index (χ0v) is 13.6. The first-order valence-corrected chi connectivity index (χ1v) is 7.60. The number of hydrogen-bond acceptors (Lipinski definition) is 2. The Kier molecular flexibility index (Phi) is 3.48. The van der Waals surface area contributed by atoms with Gasteiger partial charge in [0.2, 0.25) is 0 Å². The van der Waals surface area contributed by atoms with Crippen LogP contribution in [0.1, 0.15) is 24.2 Å². The van der Waals surface area contributed by atoms with E-state index in [1.54, 1.807) is 0 Å². The predicted octanol–water partition coefficient (Wildman–Crippen LogP) is 4.77. The Hall–Kier alpha value is -1.46. The van der Waals surface area contributed by atoms with Crippen molar-refractivity contribution >= 4 is 39.3 Å². The molecule has 1 unspecified atom stereocenters. The molecule has 0 fully saturated rings. The van der Waals surface area contributed by atoms with E-state index in [0.29, 0.717) is 4.77 Å². The van der Waals surface area contributed by atoms with Crippen LogP contribution in [0, 0.1) is 11.7 Å². The molecule has 0 saturated carbocycles. The topological polar surface area (TPSA) is 33.6 Å². The summed E-state index contributed by atoms with van der Waals surface area (Å²) in [4.78, 5) is 7.84. The lowest BCUT2D eigenvalue weighted by Crippen LogP contribution is -2.07. The molecule has 0 aliphatic carbocycles. The number of aryl methyl sites for hydroxylation is 1. The van der Waals surface area contributed by atoms with Crippen LogP contribution in [0.3, 0.4) is 0 Å². The van der Waals surface area contributed by atoms with Gasteiger partial charge in [0.25, 0.3) is 0 Å². The van der Waals surface area contributed by atoms with Crippen molar-refractivity contribution in [2.75, 3.05) is 0 Å². The molecule has 0 radical (unpaired) electrons. The average molecular weight is 348 g/mol. The van der Waals surface area contributed by atoms with Gasteiger partial charge < -0.3 is 4.98 Å². The van der Waals surface area contributed by atoms with E-state index in [2.05, 4.69) is 49.5 Å². The molecule has 3 aromatic rings. The largest absolute Gasteiger partial charge is 0.329 e. The van der Waals surface area contributed by atoms with Gasteiger partial charge in [-0.25, -0.2) is 4.98 Å². The van der Waals surface area contributed by atoms with E-state index in [4.69, 9.17) is 12.2 Å². The van der Waals surface area contributed by atoms with Crippen molar-refractivity contribution in [3.8, 4) is 0 Å². The van der Waals surface area contributed by atoms with Gasteiger partial charge in [0.1, 0.15) is 0 Å². The third-order valence-electron chi connectivity index (χ3n) is 3.42. The fourth-order valence-corrected chi connectivity index (χ4v) is 3.14. The minimum atomic E-state index is 0.128. The second-order valence-electron chi connectivity index (χ2n) is 4.85. The summed E-state index contributed by atoms with van der Waals surface area (Å²) in [7, 11) is 0. The first kappa shape index (κ1) is 13.5. The Balaban J connectivity index is 2.21. The number of benzene rings is 1. The lowest BCUT2D eigenvalue weighted by Gasteiger charge is -2.15. The molecule has 5 heteroatoms. The standard InChI is InChI=1S/C15H14BrN3S/c1-9-6-7-13-14(17-9)19(15(20)18-13)10(2)11-4-3-5-12(16)8-11/h3-8,10H,1-2H3,(H,18,20). The number of hydrogen-bond donors (Lipinski definition) is 1. The summed E-state index contributed by atoms with van der Waals surface area (Å²) in [6, 6.07) is 12.4. The van der Waals surface area contributed by atoms with Gasteiger partial charge in [0.15, 0.2) is 10.4 Å². The van der Waals surface area contributed by atoms with Crippen molar-refractivity contribution < 1.29 is 0 Å². The first-order chi connectivity index (χ1) is 9.56. The van der Waals surface area contributed by atoms with Crippen molar-refractivity contribution in [2.45, 2.75) is 19.9 Å². The number of nitrogens with one attached hydrogen (secondary N) is 1. The highest BCUT2D eigenvalue weighted by Gasteiger charge is 2.14. The molecule has 20 heavy (non-hydrogen) atoms. The van der Waals surface area contributed by atoms with Crippen LogP contribution in [0.25, 0.3) is 11.2 Å². The predicted molar refractivity (Wildman–Crippen MR) is 87.6 cm³/mol. The molecule has 0 amide bonds. The second kappa shape index (κ2) is 5.14. The van der Waals surface area contributed by atoms with E-state index in [1.165, 1.54) is 5.56 Å². The summed E-state index contributed by atoms with van der Waals surface area (Å²) in [6.07, 6.45) is 0. The molecule has 1 N–H and O–H groups in total. The molecule has 1 atom stereocenters. The number of aromatic amines is 1. The minimum Gasteiger partial charge on any atom is -0.329 e. The molecule has 0 aliphatic rings. The molecule has 0 spiro atoms. The molecule has 2 heterocycles. The maximum atomic E-state index is 5.46. The lowest BCUT2D eigenvalue weighted by molar-refractivity contribution is 0.643. The number of H-pyrrole nitrogens is 1. The summed E-state index contributed by atoms with van der Waals surface area (Å²) >= 11 is 8.98. The van der Waals surface area contributed by atoms with E-state index in [9.17, 15) is 0 Å². The summed E-state index contributed by atoms with van der Waals surface area (Å²) < 4.78 is 3.84. The summed E-state index contributed by atoms with van der Waals surface area (Å²) in [5, 5.41) is 0. The van der Waals surface area contributed by atoms with E-state index >= 15 is 0 Å². The van der Waals surface area contributed by atoms with Crippen molar-refractivity contribution in [3.05, 3.63) is 56.9 Å². The number of nitrogens with zero attached hydrogens (tertiary/aromatic N) is 2. The van der Waals surface area contributed by atoms with Gasteiger partial charge >= 0.3 is 0 Å². The van der Waals surface area contributed by atoms with Gasteiger partial charge in [-0.15, -0.1) is 0 Å². The fraction of sp³-hybridized carbons (Fsp3) is 0.200. The second-order valence-corrected chi connectivity index (χ2v) is 6.16. The molecule has 0 bridgehead atoms. The summed E-state index contributed by atoms with van der Waals surface area (Å²) in [5.74, 6) is 0. The fourth-order valence-electron chi connectivity index (χ4n) is 2.37. The highest BCUT2D eigenvalue weighted by Crippen LogP contribution is 2.25. The maximum absolute atomic E-state index is 5.46. The molecule has 0 saturated heterocycles. The molecule has 102 valence electrons. The zero-order valence-electron chi connectivity index (χ0n) is 11.2. The van der Waals surface area contributed by atoms with Crippen LogP contribution < -0.4 is 0 Å². The number of halogens is 1. The number of pyridine rings is 1. The highest BCUT2D eigenvalue weighted by atomic mass is 79.9. The van der Waals surface area contributed by atoms with E-state index < -0.39 is 0 Å². The Morgan fingerprint density at radius 1 is 1.30 bits per heavy atom.